The van der Waals surface area contributed by atoms with Gasteiger partial charge in [0.2, 0.25) is 5.91 Å². The first-order valence-electron chi connectivity index (χ1n) is 12.8. The number of carboxylic acids is 1. The van der Waals surface area contributed by atoms with Gasteiger partial charge in [-0.05, 0) is 78.0 Å². The first-order valence-corrected chi connectivity index (χ1v) is 12.8. The molecule has 8 heteroatoms. The number of carboxylic acid groups (broad SMARTS) is 1. The van der Waals surface area contributed by atoms with Gasteiger partial charge in [0, 0.05) is 35.5 Å². The minimum Gasteiger partial charge on any atom is -0.478 e. The molecule has 1 aromatic heterocycles. The first kappa shape index (κ1) is 24.3. The van der Waals surface area contributed by atoms with Crippen molar-refractivity contribution >= 4 is 45.3 Å². The van der Waals surface area contributed by atoms with Gasteiger partial charge in [0.15, 0.2) is 5.82 Å². The van der Waals surface area contributed by atoms with E-state index in [4.69, 9.17) is 5.11 Å². The predicted octanol–water partition coefficient (Wildman–Crippen LogP) is 6.07. The molecule has 4 aromatic rings. The van der Waals surface area contributed by atoms with Crippen LogP contribution in [0.15, 0.2) is 54.7 Å². The van der Waals surface area contributed by atoms with Crippen LogP contribution in [0.2, 0.25) is 0 Å². The Morgan fingerprint density at radius 1 is 1.13 bits per heavy atom. The maximum Gasteiger partial charge on any atom is 0.328 e. The third-order valence-corrected chi connectivity index (χ3v) is 8.17. The molecule has 3 aromatic carbocycles. The number of carbonyl (C=O) groups excluding carboxylic acids is 1. The number of hydrogen-bond acceptors (Lipinski definition) is 3. The maximum atomic E-state index is 15.9. The van der Waals surface area contributed by atoms with E-state index in [1.807, 2.05) is 18.2 Å². The molecule has 1 unspecified atom stereocenters. The van der Waals surface area contributed by atoms with Crippen LogP contribution in [0, 0.1) is 29.4 Å². The molecule has 194 valence electrons. The molecule has 2 bridgehead atoms. The number of fused-ring (bicyclic) bond motifs is 4. The number of aromatic nitrogens is 2. The number of carbonyl (C=O) groups is 2. The van der Waals surface area contributed by atoms with Crippen LogP contribution in [0.25, 0.3) is 27.8 Å². The van der Waals surface area contributed by atoms with Gasteiger partial charge in [0.1, 0.15) is 11.3 Å². The molecule has 3 atom stereocenters. The van der Waals surface area contributed by atoms with E-state index >= 15 is 4.39 Å². The van der Waals surface area contributed by atoms with Gasteiger partial charge in [-0.15, -0.1) is 0 Å². The lowest BCUT2D eigenvalue weighted by atomic mass is 9.87. The Hall–Kier alpha value is -4.07. The Balaban J connectivity index is 1.47. The summed E-state index contributed by atoms with van der Waals surface area (Å²) < 4.78 is 32.2. The molecule has 1 heterocycles. The zero-order chi connectivity index (χ0) is 26.6. The lowest BCUT2D eigenvalue weighted by Gasteiger charge is -2.30. The topological polar surface area (TPSA) is 75.4 Å². The van der Waals surface area contributed by atoms with E-state index in [0.717, 1.165) is 31.8 Å². The Morgan fingerprint density at radius 3 is 2.71 bits per heavy atom. The van der Waals surface area contributed by atoms with Crippen LogP contribution in [0.4, 0.5) is 14.5 Å². The second-order valence-electron chi connectivity index (χ2n) is 10.5. The quantitative estimate of drug-likeness (QED) is 0.316. The Kier molecular flexibility index (Phi) is 5.97. The molecule has 6 rings (SSSR count). The molecule has 2 aliphatic rings. The third-order valence-electron chi connectivity index (χ3n) is 8.17. The Bertz CT molecular complexity index is 1630. The van der Waals surface area contributed by atoms with E-state index in [9.17, 15) is 14.0 Å². The molecule has 2 saturated carbocycles. The minimum absolute atomic E-state index is 0.0515. The van der Waals surface area contributed by atoms with Gasteiger partial charge in [-0.1, -0.05) is 24.6 Å². The lowest BCUT2D eigenvalue weighted by Crippen LogP contribution is -2.38. The van der Waals surface area contributed by atoms with Gasteiger partial charge in [0.25, 0.3) is 0 Å². The number of anilines is 1. The fraction of sp³-hybridized carbons (Fsp3) is 0.300. The smallest absolute Gasteiger partial charge is 0.328 e. The van der Waals surface area contributed by atoms with Crippen LogP contribution < -0.4 is 4.90 Å². The highest BCUT2D eigenvalue weighted by atomic mass is 19.1. The summed E-state index contributed by atoms with van der Waals surface area (Å²) in [6, 6.07) is 11.4. The van der Waals surface area contributed by atoms with Gasteiger partial charge >= 0.3 is 5.97 Å². The molecule has 2 aliphatic carbocycles. The number of nitrogens with zero attached hydrogens (tertiary/aromatic N) is 3. The predicted molar refractivity (Wildman–Crippen MR) is 141 cm³/mol. The molecule has 0 saturated heterocycles. The number of amides is 1. The third kappa shape index (κ3) is 4.23. The average Bonchev–Trinajstić information content (AvgIpc) is 3.62. The Morgan fingerprint density at radius 2 is 1.97 bits per heavy atom. The molecule has 0 spiro atoms. The van der Waals surface area contributed by atoms with Crippen molar-refractivity contribution in [1.29, 1.82) is 0 Å². The second-order valence-corrected chi connectivity index (χ2v) is 10.5. The van der Waals surface area contributed by atoms with Crippen LogP contribution in [0.3, 0.4) is 0 Å². The van der Waals surface area contributed by atoms with Crippen molar-refractivity contribution in [2.24, 2.45) is 24.8 Å². The molecule has 38 heavy (non-hydrogen) atoms. The van der Waals surface area contributed by atoms with Crippen molar-refractivity contribution in [3.05, 3.63) is 77.5 Å². The van der Waals surface area contributed by atoms with Crippen molar-refractivity contribution in [3.63, 3.8) is 0 Å². The van der Waals surface area contributed by atoms with Crippen molar-refractivity contribution in [1.82, 2.24) is 9.78 Å². The van der Waals surface area contributed by atoms with Crippen molar-refractivity contribution in [2.75, 3.05) is 4.90 Å². The van der Waals surface area contributed by atoms with Gasteiger partial charge < -0.3 is 10.0 Å². The molecule has 6 nitrogen and oxygen atoms in total. The number of halogens is 2. The van der Waals surface area contributed by atoms with Crippen LogP contribution in [0.1, 0.15) is 36.8 Å². The summed E-state index contributed by atoms with van der Waals surface area (Å²) in [6.07, 6.45) is 7.82. The summed E-state index contributed by atoms with van der Waals surface area (Å²) >= 11 is 0. The molecule has 1 amide bonds. The first-order chi connectivity index (χ1) is 18.3. The standard InChI is InChI=1S/C30H27F2N3O3/c1-34-29-22(15-33-34)13-20-3-2-4-21(27(20)28(29)32)16-35(30(38)25-12-17-5-7-19(25)9-17)24-11-18(6-8-26(36)37)10-23(31)14-24/h2-4,6,8,10-11,13-15,17,19,25H,5,7,9,12,16H2,1H3,(H,36,37)/b8-6+/t17-,19+,25?/m0/s1. The van der Waals surface area contributed by atoms with Gasteiger partial charge in [0.05, 0.1) is 12.7 Å². The summed E-state index contributed by atoms with van der Waals surface area (Å²) in [7, 11) is 1.68. The largest absolute Gasteiger partial charge is 0.478 e. The minimum atomic E-state index is -1.15. The fourth-order valence-corrected chi connectivity index (χ4v) is 6.48. The highest BCUT2D eigenvalue weighted by Crippen LogP contribution is 2.49. The monoisotopic (exact) mass is 515 g/mol. The number of aryl methyl sites for hydroxylation is 1. The van der Waals surface area contributed by atoms with E-state index in [1.54, 1.807) is 30.3 Å². The van der Waals surface area contributed by atoms with Crippen LogP contribution in [0.5, 0.6) is 0 Å². The number of aliphatic carboxylic acids is 1. The van der Waals surface area contributed by atoms with Crippen LogP contribution in [-0.2, 0) is 23.2 Å². The van der Waals surface area contributed by atoms with Gasteiger partial charge in [-0.25, -0.2) is 13.6 Å². The molecular weight excluding hydrogens is 488 g/mol. The van der Waals surface area contributed by atoms with Gasteiger partial charge in [-0.3, -0.25) is 9.48 Å². The highest BCUT2D eigenvalue weighted by Gasteiger charge is 2.44. The zero-order valence-electron chi connectivity index (χ0n) is 20.9. The molecular formula is C30H27F2N3O3. The van der Waals surface area contributed by atoms with E-state index < -0.39 is 17.6 Å². The van der Waals surface area contributed by atoms with E-state index in [1.165, 1.54) is 22.9 Å². The normalized spacial score (nSPS) is 20.7. The zero-order valence-corrected chi connectivity index (χ0v) is 20.9. The number of benzene rings is 3. The molecule has 2 fully saturated rings. The van der Waals surface area contributed by atoms with Crippen LogP contribution in [-0.4, -0.2) is 26.8 Å². The summed E-state index contributed by atoms with van der Waals surface area (Å²) in [5.41, 5.74) is 1.63. The van der Waals surface area contributed by atoms with Crippen molar-refractivity contribution in [3.8, 4) is 0 Å². The Labute approximate surface area is 218 Å². The lowest BCUT2D eigenvalue weighted by molar-refractivity contribution is -0.131. The van der Waals surface area contributed by atoms with E-state index in [-0.39, 0.29) is 18.4 Å². The number of rotatable bonds is 6. The SMILES string of the molecule is Cn1ncc2cc3cccc(CN(C(=O)C4C[C@H]5CC[C@@H]4C5)c4cc(F)cc(/C=C/C(=O)O)c4)c3c(F)c21. The number of hydrogen-bond donors (Lipinski definition) is 1. The highest BCUT2D eigenvalue weighted by molar-refractivity contribution is 6.01. The van der Waals surface area contributed by atoms with E-state index in [0.29, 0.717) is 50.3 Å². The fourth-order valence-electron chi connectivity index (χ4n) is 6.48. The summed E-state index contributed by atoms with van der Waals surface area (Å²) in [5.74, 6) is -1.59. The van der Waals surface area contributed by atoms with E-state index in [2.05, 4.69) is 5.10 Å². The van der Waals surface area contributed by atoms with Crippen molar-refractivity contribution in [2.45, 2.75) is 32.2 Å². The summed E-state index contributed by atoms with van der Waals surface area (Å²) in [5, 5.41) is 15.0. The average molecular weight is 516 g/mol. The molecule has 0 aliphatic heterocycles. The molecule has 0 radical (unpaired) electrons. The molecule has 1 N–H and O–H groups in total. The summed E-state index contributed by atoms with van der Waals surface area (Å²) in [6.45, 7) is 0.0515. The van der Waals surface area contributed by atoms with Gasteiger partial charge in [-0.2, -0.15) is 5.10 Å². The summed E-state index contributed by atoms with van der Waals surface area (Å²) in [4.78, 5) is 26.6. The second kappa shape index (κ2) is 9.35. The van der Waals surface area contributed by atoms with Crippen molar-refractivity contribution < 1.29 is 23.5 Å². The maximum absolute atomic E-state index is 15.9. The van der Waals surface area contributed by atoms with Crippen LogP contribution >= 0.6 is 0 Å².